The Balaban J connectivity index is 2.09. The van der Waals surface area contributed by atoms with Crippen molar-refractivity contribution in [3.05, 3.63) is 24.3 Å². The molecule has 21 heavy (non-hydrogen) atoms. The molecule has 2 unspecified atom stereocenters. The first kappa shape index (κ1) is 15.4. The van der Waals surface area contributed by atoms with Crippen molar-refractivity contribution in [1.82, 2.24) is 0 Å². The van der Waals surface area contributed by atoms with Gasteiger partial charge in [-0.15, -0.1) is 0 Å². The van der Waals surface area contributed by atoms with Gasteiger partial charge in [0.25, 0.3) is 0 Å². The van der Waals surface area contributed by atoms with Crippen molar-refractivity contribution in [1.29, 1.82) is 0 Å². The summed E-state index contributed by atoms with van der Waals surface area (Å²) in [4.78, 5) is 25.3. The van der Waals surface area contributed by atoms with Gasteiger partial charge in [-0.3, -0.25) is 9.59 Å². The van der Waals surface area contributed by atoms with Crippen LogP contribution in [0.5, 0.6) is 5.75 Å². The molecule has 1 aromatic carbocycles. The van der Waals surface area contributed by atoms with Gasteiger partial charge in [0.15, 0.2) is 0 Å². The number of amides is 1. The van der Waals surface area contributed by atoms with E-state index in [0.717, 1.165) is 18.5 Å². The van der Waals surface area contributed by atoms with E-state index in [4.69, 9.17) is 9.84 Å². The number of benzene rings is 1. The van der Waals surface area contributed by atoms with E-state index in [0.29, 0.717) is 18.6 Å². The number of carboxylic acid groups (broad SMARTS) is 1. The Morgan fingerprint density at radius 2 is 2.00 bits per heavy atom. The molecule has 0 heterocycles. The van der Waals surface area contributed by atoms with Crippen LogP contribution in [-0.4, -0.2) is 31.1 Å². The molecule has 1 aromatic rings. The van der Waals surface area contributed by atoms with Gasteiger partial charge in [-0.05, 0) is 31.4 Å². The summed E-state index contributed by atoms with van der Waals surface area (Å²) >= 11 is 0. The highest BCUT2D eigenvalue weighted by atomic mass is 16.5. The number of carboxylic acids is 1. The number of hydrogen-bond donors (Lipinski definition) is 1. The van der Waals surface area contributed by atoms with Gasteiger partial charge in [-0.25, -0.2) is 0 Å². The average Bonchev–Trinajstić information content (AvgIpc) is 2.53. The second kappa shape index (κ2) is 6.61. The number of carbonyl (C=O) groups excluding carboxylic acids is 1. The van der Waals surface area contributed by atoms with Crippen LogP contribution in [-0.2, 0) is 9.59 Å². The molecule has 0 aromatic heterocycles. The predicted octanol–water partition coefficient (Wildman–Crippen LogP) is 2.55. The largest absolute Gasteiger partial charge is 0.497 e. The van der Waals surface area contributed by atoms with Crippen LogP contribution in [0.25, 0.3) is 0 Å². The van der Waals surface area contributed by atoms with Gasteiger partial charge in [0.1, 0.15) is 5.75 Å². The third-order valence-electron chi connectivity index (χ3n) is 4.14. The second-order valence-electron chi connectivity index (χ2n) is 5.50. The van der Waals surface area contributed by atoms with Crippen LogP contribution in [0.2, 0.25) is 0 Å². The number of aliphatic carboxylic acids is 1. The van der Waals surface area contributed by atoms with Crippen LogP contribution in [0.3, 0.4) is 0 Å². The van der Waals surface area contributed by atoms with Gasteiger partial charge < -0.3 is 14.7 Å². The molecule has 2 rings (SSSR count). The Morgan fingerprint density at radius 3 is 2.67 bits per heavy atom. The summed E-state index contributed by atoms with van der Waals surface area (Å²) in [7, 11) is 3.31. The van der Waals surface area contributed by atoms with E-state index < -0.39 is 11.9 Å². The summed E-state index contributed by atoms with van der Waals surface area (Å²) in [5, 5.41) is 9.12. The molecule has 0 radical (unpaired) electrons. The lowest BCUT2D eigenvalue weighted by Crippen LogP contribution is -2.36. The third-order valence-corrected chi connectivity index (χ3v) is 4.14. The molecule has 0 saturated heterocycles. The fourth-order valence-corrected chi connectivity index (χ4v) is 2.86. The fourth-order valence-electron chi connectivity index (χ4n) is 2.86. The number of hydrogen-bond acceptors (Lipinski definition) is 3. The molecule has 1 N–H and O–H groups in total. The summed E-state index contributed by atoms with van der Waals surface area (Å²) in [6.07, 6.45) is 2.65. The second-order valence-corrected chi connectivity index (χ2v) is 5.50. The van der Waals surface area contributed by atoms with E-state index in [9.17, 15) is 9.59 Å². The number of nitrogens with zero attached hydrogens (tertiary/aromatic N) is 1. The first-order chi connectivity index (χ1) is 10.0. The van der Waals surface area contributed by atoms with Crippen LogP contribution in [0.1, 0.15) is 25.7 Å². The van der Waals surface area contributed by atoms with Crippen molar-refractivity contribution in [2.24, 2.45) is 11.8 Å². The van der Waals surface area contributed by atoms with Crippen molar-refractivity contribution in [3.8, 4) is 5.75 Å². The van der Waals surface area contributed by atoms with Gasteiger partial charge in [-0.1, -0.05) is 12.5 Å². The molecule has 114 valence electrons. The van der Waals surface area contributed by atoms with Gasteiger partial charge >= 0.3 is 5.97 Å². The Hall–Kier alpha value is -2.04. The molecule has 1 fully saturated rings. The summed E-state index contributed by atoms with van der Waals surface area (Å²) in [5.74, 6) is -0.729. The van der Waals surface area contributed by atoms with E-state index in [-0.39, 0.29) is 11.8 Å². The molecule has 5 nitrogen and oxygen atoms in total. The summed E-state index contributed by atoms with van der Waals surface area (Å²) in [6.45, 7) is 0. The van der Waals surface area contributed by atoms with Crippen LogP contribution in [0.4, 0.5) is 5.69 Å². The zero-order valence-corrected chi connectivity index (χ0v) is 12.4. The minimum atomic E-state index is -0.795. The zero-order valence-electron chi connectivity index (χ0n) is 12.4. The molecule has 1 amide bonds. The SMILES string of the molecule is COc1cccc(N(C)C(=O)C2CCCC(C(=O)O)C2)c1. The lowest BCUT2D eigenvalue weighted by Gasteiger charge is -2.29. The quantitative estimate of drug-likeness (QED) is 0.925. The maximum atomic E-state index is 12.6. The standard InChI is InChI=1S/C16H21NO4/c1-17(13-7-4-8-14(10-13)21-2)15(18)11-5-3-6-12(9-11)16(19)20/h4,7-8,10-12H,3,5-6,9H2,1-2H3,(H,19,20). The Kier molecular flexibility index (Phi) is 4.83. The highest BCUT2D eigenvalue weighted by molar-refractivity contribution is 5.95. The molecular weight excluding hydrogens is 270 g/mol. The van der Waals surface area contributed by atoms with Crippen molar-refractivity contribution >= 4 is 17.6 Å². The maximum Gasteiger partial charge on any atom is 0.306 e. The fraction of sp³-hybridized carbons (Fsp3) is 0.500. The Bertz CT molecular complexity index is 529. The Labute approximate surface area is 124 Å². The number of rotatable bonds is 4. The van der Waals surface area contributed by atoms with Crippen LogP contribution in [0.15, 0.2) is 24.3 Å². The maximum absolute atomic E-state index is 12.6. The van der Waals surface area contributed by atoms with Crippen LogP contribution in [0, 0.1) is 11.8 Å². The zero-order chi connectivity index (χ0) is 15.4. The van der Waals surface area contributed by atoms with Gasteiger partial charge in [0.05, 0.1) is 13.0 Å². The monoisotopic (exact) mass is 291 g/mol. The summed E-state index contributed by atoms with van der Waals surface area (Å²) < 4.78 is 5.16. The van der Waals surface area contributed by atoms with Crippen molar-refractivity contribution in [2.45, 2.75) is 25.7 Å². The molecule has 1 aliphatic carbocycles. The van der Waals surface area contributed by atoms with E-state index in [1.54, 1.807) is 25.1 Å². The van der Waals surface area contributed by atoms with E-state index >= 15 is 0 Å². The van der Waals surface area contributed by atoms with Crippen molar-refractivity contribution in [3.63, 3.8) is 0 Å². The van der Waals surface area contributed by atoms with E-state index in [1.807, 2.05) is 18.2 Å². The van der Waals surface area contributed by atoms with Crippen LogP contribution < -0.4 is 9.64 Å². The first-order valence-electron chi connectivity index (χ1n) is 7.17. The molecule has 0 spiro atoms. The van der Waals surface area contributed by atoms with E-state index in [2.05, 4.69) is 0 Å². The summed E-state index contributed by atoms with van der Waals surface area (Å²) in [5.41, 5.74) is 0.761. The molecule has 1 aliphatic rings. The summed E-state index contributed by atoms with van der Waals surface area (Å²) in [6, 6.07) is 7.30. The smallest absolute Gasteiger partial charge is 0.306 e. The van der Waals surface area contributed by atoms with Crippen LogP contribution >= 0.6 is 0 Å². The molecule has 0 aliphatic heterocycles. The van der Waals surface area contributed by atoms with Gasteiger partial charge in [0.2, 0.25) is 5.91 Å². The molecule has 1 saturated carbocycles. The lowest BCUT2D eigenvalue weighted by atomic mass is 9.81. The Morgan fingerprint density at radius 1 is 1.29 bits per heavy atom. The van der Waals surface area contributed by atoms with Crippen molar-refractivity contribution in [2.75, 3.05) is 19.1 Å². The van der Waals surface area contributed by atoms with Gasteiger partial charge in [0, 0.05) is 24.7 Å². The molecular formula is C16H21NO4. The minimum absolute atomic E-state index is 0.0193. The number of carbonyl (C=O) groups is 2. The average molecular weight is 291 g/mol. The molecule has 2 atom stereocenters. The molecule has 0 bridgehead atoms. The first-order valence-corrected chi connectivity index (χ1v) is 7.17. The number of anilines is 1. The van der Waals surface area contributed by atoms with E-state index in [1.165, 1.54) is 0 Å². The highest BCUT2D eigenvalue weighted by Gasteiger charge is 2.32. The number of methoxy groups -OCH3 is 1. The topological polar surface area (TPSA) is 66.8 Å². The molecule has 5 heteroatoms. The van der Waals surface area contributed by atoms with Crippen molar-refractivity contribution < 1.29 is 19.4 Å². The highest BCUT2D eigenvalue weighted by Crippen LogP contribution is 2.31. The normalized spacial score (nSPS) is 21.6. The van der Waals surface area contributed by atoms with Gasteiger partial charge in [-0.2, -0.15) is 0 Å². The minimum Gasteiger partial charge on any atom is -0.497 e. The predicted molar refractivity (Wildman–Crippen MR) is 79.5 cm³/mol. The lowest BCUT2D eigenvalue weighted by molar-refractivity contribution is -0.143. The number of ether oxygens (including phenoxy) is 1. The third kappa shape index (κ3) is 3.54.